The Labute approximate surface area is 147 Å². The van der Waals surface area contributed by atoms with Crippen molar-refractivity contribution in [2.75, 3.05) is 18.5 Å². The molecule has 0 saturated heterocycles. The Balaban J connectivity index is 1.70. The van der Waals surface area contributed by atoms with Crippen molar-refractivity contribution >= 4 is 22.5 Å². The van der Waals surface area contributed by atoms with Gasteiger partial charge in [0.05, 0.1) is 5.52 Å². The molecule has 1 aliphatic rings. The number of benzene rings is 2. The maximum Gasteiger partial charge on any atom is 0.261 e. The molecule has 0 bridgehead atoms. The molecular weight excluding hydrogens is 339 g/mol. The minimum absolute atomic E-state index is 0.0690. The van der Waals surface area contributed by atoms with E-state index in [2.05, 4.69) is 5.32 Å². The number of nitrogens with zero attached hydrogens (tertiary/aromatic N) is 1. The summed E-state index contributed by atoms with van der Waals surface area (Å²) in [4.78, 5) is 25.2. The Morgan fingerprint density at radius 2 is 1.88 bits per heavy atom. The van der Waals surface area contributed by atoms with E-state index in [1.54, 1.807) is 29.8 Å². The first-order valence-corrected chi connectivity index (χ1v) is 8.03. The summed E-state index contributed by atoms with van der Waals surface area (Å²) in [6.07, 6.45) is 1.44. The van der Waals surface area contributed by atoms with E-state index in [-0.39, 0.29) is 10.9 Å². The minimum Gasteiger partial charge on any atom is -0.486 e. The molecule has 132 valence electrons. The van der Waals surface area contributed by atoms with Gasteiger partial charge < -0.3 is 19.4 Å². The third-order valence-electron chi connectivity index (χ3n) is 4.20. The highest BCUT2D eigenvalue weighted by Crippen LogP contribution is 2.32. The van der Waals surface area contributed by atoms with E-state index in [1.807, 2.05) is 0 Å². The fourth-order valence-electron chi connectivity index (χ4n) is 2.95. The minimum atomic E-state index is -0.576. The SMILES string of the molecule is Cn1cc(C(=O)Nc2ccc3c(c2)OCCO3)c(=O)c2cc(F)ccc21. The highest BCUT2D eigenvalue weighted by Gasteiger charge is 2.17. The number of carbonyl (C=O) groups excluding carboxylic acids is 1. The lowest BCUT2D eigenvalue weighted by atomic mass is 10.1. The third kappa shape index (κ3) is 2.77. The van der Waals surface area contributed by atoms with Gasteiger partial charge in [-0.1, -0.05) is 0 Å². The summed E-state index contributed by atoms with van der Waals surface area (Å²) in [6, 6.07) is 8.91. The zero-order valence-corrected chi connectivity index (χ0v) is 13.9. The average molecular weight is 354 g/mol. The summed E-state index contributed by atoms with van der Waals surface area (Å²) in [5.74, 6) is 0.0290. The van der Waals surface area contributed by atoms with Gasteiger partial charge >= 0.3 is 0 Å². The van der Waals surface area contributed by atoms with Crippen molar-refractivity contribution in [3.05, 3.63) is 64.2 Å². The van der Waals surface area contributed by atoms with Gasteiger partial charge in [0.25, 0.3) is 5.91 Å². The van der Waals surface area contributed by atoms with Gasteiger partial charge in [0.15, 0.2) is 11.5 Å². The van der Waals surface area contributed by atoms with Crippen LogP contribution in [-0.4, -0.2) is 23.7 Å². The van der Waals surface area contributed by atoms with Crippen molar-refractivity contribution < 1.29 is 18.7 Å². The molecule has 0 unspecified atom stereocenters. The molecule has 0 radical (unpaired) electrons. The lowest BCUT2D eigenvalue weighted by Crippen LogP contribution is -2.23. The molecule has 1 N–H and O–H groups in total. The molecule has 1 aromatic heterocycles. The number of fused-ring (bicyclic) bond motifs is 2. The largest absolute Gasteiger partial charge is 0.486 e. The van der Waals surface area contributed by atoms with Crippen LogP contribution >= 0.6 is 0 Å². The molecular formula is C19H15FN2O4. The van der Waals surface area contributed by atoms with Crippen LogP contribution in [0.3, 0.4) is 0 Å². The standard InChI is InChI=1S/C19H15FN2O4/c1-22-10-14(18(23)13-8-11(20)2-4-15(13)22)19(24)21-12-3-5-16-17(9-12)26-7-6-25-16/h2-5,8-10H,6-7H2,1H3,(H,21,24). The second kappa shape index (κ2) is 6.18. The fourth-order valence-corrected chi connectivity index (χ4v) is 2.95. The average Bonchev–Trinajstić information content (AvgIpc) is 2.64. The number of carbonyl (C=O) groups is 1. The van der Waals surface area contributed by atoms with E-state index in [1.165, 1.54) is 18.3 Å². The number of anilines is 1. The van der Waals surface area contributed by atoms with Gasteiger partial charge in [-0.2, -0.15) is 0 Å². The van der Waals surface area contributed by atoms with Crippen LogP contribution in [0.2, 0.25) is 0 Å². The number of rotatable bonds is 2. The zero-order chi connectivity index (χ0) is 18.3. The summed E-state index contributed by atoms with van der Waals surface area (Å²) < 4.78 is 26.1. The van der Waals surface area contributed by atoms with Crippen molar-refractivity contribution in [1.82, 2.24) is 4.57 Å². The van der Waals surface area contributed by atoms with E-state index in [9.17, 15) is 14.0 Å². The van der Waals surface area contributed by atoms with E-state index in [0.29, 0.717) is 35.9 Å². The second-order valence-corrected chi connectivity index (χ2v) is 5.96. The first kappa shape index (κ1) is 16.1. The molecule has 0 fully saturated rings. The molecule has 4 rings (SSSR count). The van der Waals surface area contributed by atoms with Crippen molar-refractivity contribution in [2.45, 2.75) is 0 Å². The molecule has 2 aromatic carbocycles. The summed E-state index contributed by atoms with van der Waals surface area (Å²) >= 11 is 0. The Hall–Kier alpha value is -3.35. The highest BCUT2D eigenvalue weighted by molar-refractivity contribution is 6.05. The fraction of sp³-hybridized carbons (Fsp3) is 0.158. The van der Waals surface area contributed by atoms with E-state index < -0.39 is 17.2 Å². The third-order valence-corrected chi connectivity index (χ3v) is 4.20. The Bertz CT molecular complexity index is 1090. The first-order chi connectivity index (χ1) is 12.5. The number of hydrogen-bond acceptors (Lipinski definition) is 4. The summed E-state index contributed by atoms with van der Waals surface area (Å²) in [7, 11) is 1.69. The molecule has 7 heteroatoms. The molecule has 2 heterocycles. The van der Waals surface area contributed by atoms with Crippen LogP contribution in [0.25, 0.3) is 10.9 Å². The monoisotopic (exact) mass is 354 g/mol. The van der Waals surface area contributed by atoms with Crippen LogP contribution in [0.5, 0.6) is 11.5 Å². The summed E-state index contributed by atoms with van der Waals surface area (Å²) in [6.45, 7) is 0.906. The van der Waals surface area contributed by atoms with E-state index >= 15 is 0 Å². The van der Waals surface area contributed by atoms with E-state index in [4.69, 9.17) is 9.47 Å². The number of pyridine rings is 1. The molecule has 6 nitrogen and oxygen atoms in total. The Morgan fingerprint density at radius 1 is 1.12 bits per heavy atom. The number of aromatic nitrogens is 1. The topological polar surface area (TPSA) is 69.6 Å². The Morgan fingerprint density at radius 3 is 2.69 bits per heavy atom. The molecule has 0 atom stereocenters. The van der Waals surface area contributed by atoms with Crippen LogP contribution < -0.4 is 20.2 Å². The van der Waals surface area contributed by atoms with E-state index in [0.717, 1.165) is 6.07 Å². The molecule has 0 spiro atoms. The number of hydrogen-bond donors (Lipinski definition) is 1. The van der Waals surface area contributed by atoms with Crippen molar-refractivity contribution in [2.24, 2.45) is 7.05 Å². The van der Waals surface area contributed by atoms with Crippen LogP contribution in [0.1, 0.15) is 10.4 Å². The number of halogens is 1. The van der Waals surface area contributed by atoms with Crippen LogP contribution in [-0.2, 0) is 7.05 Å². The molecule has 3 aromatic rings. The van der Waals surface area contributed by atoms with Gasteiger partial charge in [0, 0.05) is 30.4 Å². The lowest BCUT2D eigenvalue weighted by Gasteiger charge is -2.19. The van der Waals surface area contributed by atoms with Crippen molar-refractivity contribution in [3.8, 4) is 11.5 Å². The molecule has 0 saturated carbocycles. The molecule has 26 heavy (non-hydrogen) atoms. The van der Waals surface area contributed by atoms with Crippen molar-refractivity contribution in [1.29, 1.82) is 0 Å². The van der Waals surface area contributed by atoms with Crippen LogP contribution in [0.15, 0.2) is 47.4 Å². The number of ether oxygens (including phenoxy) is 2. The second-order valence-electron chi connectivity index (χ2n) is 5.96. The van der Waals surface area contributed by atoms with Crippen LogP contribution in [0.4, 0.5) is 10.1 Å². The van der Waals surface area contributed by atoms with Gasteiger partial charge in [-0.3, -0.25) is 9.59 Å². The van der Waals surface area contributed by atoms with Gasteiger partial charge in [-0.25, -0.2) is 4.39 Å². The lowest BCUT2D eigenvalue weighted by molar-refractivity contribution is 0.102. The van der Waals surface area contributed by atoms with Gasteiger partial charge in [-0.15, -0.1) is 0 Å². The van der Waals surface area contributed by atoms with Crippen LogP contribution in [0, 0.1) is 5.82 Å². The summed E-state index contributed by atoms with van der Waals surface area (Å²) in [5, 5.41) is 2.83. The molecule has 1 amide bonds. The maximum atomic E-state index is 13.5. The van der Waals surface area contributed by atoms with Gasteiger partial charge in [-0.05, 0) is 30.3 Å². The molecule has 0 aliphatic carbocycles. The summed E-state index contributed by atoms with van der Waals surface area (Å²) in [5.41, 5.74) is 0.432. The molecule has 1 aliphatic heterocycles. The quantitative estimate of drug-likeness (QED) is 0.768. The first-order valence-electron chi connectivity index (χ1n) is 8.03. The predicted octanol–water partition coefficient (Wildman–Crippen LogP) is 2.70. The zero-order valence-electron chi connectivity index (χ0n) is 13.9. The normalized spacial score (nSPS) is 12.8. The Kier molecular flexibility index (Phi) is 3.84. The maximum absolute atomic E-state index is 13.5. The van der Waals surface area contributed by atoms with Crippen molar-refractivity contribution in [3.63, 3.8) is 0 Å². The predicted molar refractivity (Wildman–Crippen MR) is 94.5 cm³/mol. The number of amides is 1. The highest BCUT2D eigenvalue weighted by atomic mass is 19.1. The smallest absolute Gasteiger partial charge is 0.261 e. The number of nitrogens with one attached hydrogen (secondary N) is 1. The van der Waals surface area contributed by atoms with Gasteiger partial charge in [0.2, 0.25) is 5.43 Å². The van der Waals surface area contributed by atoms with Gasteiger partial charge in [0.1, 0.15) is 24.6 Å². The number of aryl methyl sites for hydroxylation is 1.